The van der Waals surface area contributed by atoms with E-state index < -0.39 is 28.9 Å². The molecule has 1 rings (SSSR count). The normalized spacial score (nSPS) is 14.6. The van der Waals surface area contributed by atoms with Crippen LogP contribution < -0.4 is 5.73 Å². The van der Waals surface area contributed by atoms with Crippen molar-refractivity contribution in [1.29, 1.82) is 0 Å². The maximum absolute atomic E-state index is 12.8. The van der Waals surface area contributed by atoms with E-state index in [0.717, 1.165) is 24.3 Å². The van der Waals surface area contributed by atoms with Crippen molar-refractivity contribution in [2.24, 2.45) is 5.73 Å². The molecule has 1 aromatic rings. The average molecular weight is 269 g/mol. The molecule has 0 aliphatic heterocycles. The molecule has 0 saturated carbocycles. The molecule has 1 unspecified atom stereocenters. The smallest absolute Gasteiger partial charge is 0.343 e. The number of hydrogen-bond acceptors (Lipinski definition) is 4. The summed E-state index contributed by atoms with van der Waals surface area (Å²) in [5, 5.41) is 9.20. The quantitative estimate of drug-likeness (QED) is 0.639. The lowest BCUT2D eigenvalue weighted by Crippen LogP contribution is -2.54. The Morgan fingerprint density at radius 1 is 1.21 bits per heavy atom. The molecule has 0 spiro atoms. The summed E-state index contributed by atoms with van der Waals surface area (Å²) in [4.78, 5) is 23.3. The van der Waals surface area contributed by atoms with Gasteiger partial charge in [0.25, 0.3) is 0 Å². The van der Waals surface area contributed by atoms with Crippen molar-refractivity contribution in [1.82, 2.24) is 0 Å². The van der Waals surface area contributed by atoms with Crippen LogP contribution in [0.1, 0.15) is 26.3 Å². The molecule has 0 heterocycles. The Morgan fingerprint density at radius 3 is 2.05 bits per heavy atom. The number of carbonyl (C=O) groups excluding carboxylic acids is 1. The summed E-state index contributed by atoms with van der Waals surface area (Å²) >= 11 is 0. The fourth-order valence-corrected chi connectivity index (χ4v) is 1.40. The van der Waals surface area contributed by atoms with Crippen LogP contribution in [0.5, 0.6) is 0 Å². The van der Waals surface area contributed by atoms with Gasteiger partial charge in [-0.2, -0.15) is 0 Å². The minimum absolute atomic E-state index is 0.0457. The fraction of sp³-hybridized carbons (Fsp3) is 0.385. The molecule has 6 heteroatoms. The third kappa shape index (κ3) is 3.29. The van der Waals surface area contributed by atoms with Gasteiger partial charge in [-0.1, -0.05) is 12.1 Å². The lowest BCUT2D eigenvalue weighted by Gasteiger charge is -2.28. The van der Waals surface area contributed by atoms with Crippen molar-refractivity contribution >= 4 is 11.9 Å². The molecule has 0 aliphatic carbocycles. The summed E-state index contributed by atoms with van der Waals surface area (Å²) in [6.45, 7) is 4.79. The second-order valence-corrected chi connectivity index (χ2v) is 5.12. The Morgan fingerprint density at radius 2 is 1.68 bits per heavy atom. The number of aliphatic carboxylic acids is 1. The first-order valence-corrected chi connectivity index (χ1v) is 5.59. The molecule has 0 saturated heterocycles. The molecule has 3 N–H and O–H groups in total. The van der Waals surface area contributed by atoms with E-state index in [9.17, 15) is 19.1 Å². The first-order valence-electron chi connectivity index (χ1n) is 5.59. The number of esters is 1. The third-order valence-electron chi connectivity index (χ3n) is 2.36. The molecular formula is C13H16FNO4. The van der Waals surface area contributed by atoms with E-state index >= 15 is 0 Å². The molecule has 0 bridgehead atoms. The number of nitrogens with two attached hydrogens (primary N) is 1. The van der Waals surface area contributed by atoms with Crippen LogP contribution in [0.3, 0.4) is 0 Å². The summed E-state index contributed by atoms with van der Waals surface area (Å²) in [6.07, 6.45) is 0. The van der Waals surface area contributed by atoms with Crippen LogP contribution in [-0.2, 0) is 19.9 Å². The van der Waals surface area contributed by atoms with E-state index in [1.807, 2.05) is 0 Å². The number of ether oxygens (including phenoxy) is 1. The monoisotopic (exact) mass is 269 g/mol. The van der Waals surface area contributed by atoms with Crippen molar-refractivity contribution in [3.8, 4) is 0 Å². The van der Waals surface area contributed by atoms with Gasteiger partial charge < -0.3 is 15.6 Å². The van der Waals surface area contributed by atoms with Crippen LogP contribution in [0.2, 0.25) is 0 Å². The van der Waals surface area contributed by atoms with Crippen molar-refractivity contribution in [3.63, 3.8) is 0 Å². The van der Waals surface area contributed by atoms with Crippen LogP contribution in [0.25, 0.3) is 0 Å². The minimum atomic E-state index is -2.36. The van der Waals surface area contributed by atoms with Crippen LogP contribution in [0.4, 0.5) is 4.39 Å². The van der Waals surface area contributed by atoms with Gasteiger partial charge in [0.2, 0.25) is 5.54 Å². The second kappa shape index (κ2) is 4.97. The van der Waals surface area contributed by atoms with E-state index in [2.05, 4.69) is 0 Å². The van der Waals surface area contributed by atoms with Gasteiger partial charge in [0.15, 0.2) is 0 Å². The Hall–Kier alpha value is -1.95. The molecule has 104 valence electrons. The van der Waals surface area contributed by atoms with Crippen LogP contribution in [0, 0.1) is 5.82 Å². The zero-order valence-corrected chi connectivity index (χ0v) is 10.9. The molecule has 0 aliphatic rings. The predicted molar refractivity (Wildman–Crippen MR) is 65.7 cm³/mol. The van der Waals surface area contributed by atoms with Gasteiger partial charge in [0.05, 0.1) is 0 Å². The van der Waals surface area contributed by atoms with Gasteiger partial charge >= 0.3 is 11.9 Å². The van der Waals surface area contributed by atoms with Crippen molar-refractivity contribution in [2.45, 2.75) is 31.9 Å². The van der Waals surface area contributed by atoms with Gasteiger partial charge in [-0.05, 0) is 38.5 Å². The highest BCUT2D eigenvalue weighted by Crippen LogP contribution is 2.23. The number of carboxylic acids is 1. The van der Waals surface area contributed by atoms with Crippen molar-refractivity contribution in [2.75, 3.05) is 0 Å². The molecule has 19 heavy (non-hydrogen) atoms. The summed E-state index contributed by atoms with van der Waals surface area (Å²) in [5.74, 6) is -3.21. The van der Waals surface area contributed by atoms with Gasteiger partial charge in [-0.25, -0.2) is 14.0 Å². The maximum atomic E-state index is 12.8. The van der Waals surface area contributed by atoms with E-state index in [0.29, 0.717) is 0 Å². The molecule has 1 atom stereocenters. The molecule has 0 radical (unpaired) electrons. The second-order valence-electron chi connectivity index (χ2n) is 5.12. The van der Waals surface area contributed by atoms with E-state index in [1.54, 1.807) is 20.8 Å². The van der Waals surface area contributed by atoms with E-state index in [-0.39, 0.29) is 5.56 Å². The number of carboxylic acid groups (broad SMARTS) is 1. The Bertz CT molecular complexity index is 492. The fourth-order valence-electron chi connectivity index (χ4n) is 1.40. The van der Waals surface area contributed by atoms with Crippen LogP contribution >= 0.6 is 0 Å². The lowest BCUT2D eigenvalue weighted by atomic mass is 9.91. The molecule has 0 amide bonds. The zero-order chi connectivity index (χ0) is 14.8. The largest absolute Gasteiger partial charge is 0.479 e. The van der Waals surface area contributed by atoms with Gasteiger partial charge in [-0.3, -0.25) is 0 Å². The molecule has 0 fully saturated rings. The zero-order valence-electron chi connectivity index (χ0n) is 10.9. The molecular weight excluding hydrogens is 253 g/mol. The molecule has 5 nitrogen and oxygen atoms in total. The van der Waals surface area contributed by atoms with Gasteiger partial charge in [-0.15, -0.1) is 0 Å². The van der Waals surface area contributed by atoms with Crippen LogP contribution in [-0.4, -0.2) is 22.6 Å². The number of halogens is 1. The van der Waals surface area contributed by atoms with Crippen molar-refractivity contribution < 1.29 is 23.8 Å². The highest BCUT2D eigenvalue weighted by Gasteiger charge is 2.47. The molecule has 0 aromatic heterocycles. The summed E-state index contributed by atoms with van der Waals surface area (Å²) in [5.41, 5.74) is 2.38. The lowest BCUT2D eigenvalue weighted by molar-refractivity contribution is -0.169. The number of rotatable bonds is 3. The van der Waals surface area contributed by atoms with Crippen LogP contribution in [0.15, 0.2) is 24.3 Å². The number of carbonyl (C=O) groups is 2. The third-order valence-corrected chi connectivity index (χ3v) is 2.36. The standard InChI is InChI=1S/C13H16FNO4/c1-12(2,3)19-11(18)13(15,10(16)17)8-4-6-9(14)7-5-8/h4-7H,15H2,1-3H3,(H,16,17). The Kier molecular flexibility index (Phi) is 3.95. The maximum Gasteiger partial charge on any atom is 0.343 e. The van der Waals surface area contributed by atoms with Gasteiger partial charge in [0.1, 0.15) is 11.4 Å². The van der Waals surface area contributed by atoms with Crippen molar-refractivity contribution in [3.05, 3.63) is 35.6 Å². The number of hydrogen-bond donors (Lipinski definition) is 2. The first-order chi connectivity index (χ1) is 8.57. The highest BCUT2D eigenvalue weighted by atomic mass is 19.1. The topological polar surface area (TPSA) is 89.6 Å². The van der Waals surface area contributed by atoms with Gasteiger partial charge in [0, 0.05) is 0 Å². The van der Waals surface area contributed by atoms with E-state index in [4.69, 9.17) is 10.5 Å². The first kappa shape index (κ1) is 15.1. The van der Waals surface area contributed by atoms with E-state index in [1.165, 1.54) is 0 Å². The summed E-state index contributed by atoms with van der Waals surface area (Å²) in [6, 6.07) is 4.36. The average Bonchev–Trinajstić information content (AvgIpc) is 2.26. The Labute approximate surface area is 110 Å². The number of benzene rings is 1. The molecule has 1 aromatic carbocycles. The Balaban J connectivity index is 3.21. The predicted octanol–water partition coefficient (Wildman–Crippen LogP) is 1.41. The highest BCUT2D eigenvalue weighted by molar-refractivity contribution is 6.04. The minimum Gasteiger partial charge on any atom is -0.479 e. The summed E-state index contributed by atoms with van der Waals surface area (Å²) in [7, 11) is 0. The summed E-state index contributed by atoms with van der Waals surface area (Å²) < 4.78 is 17.9. The SMILES string of the molecule is CC(C)(C)OC(=O)C(N)(C(=O)O)c1ccc(F)cc1.